The van der Waals surface area contributed by atoms with Crippen molar-refractivity contribution in [3.8, 4) is 0 Å². The van der Waals surface area contributed by atoms with Crippen molar-refractivity contribution in [3.63, 3.8) is 0 Å². The Morgan fingerprint density at radius 1 is 1.04 bits per heavy atom. The van der Waals surface area contributed by atoms with Gasteiger partial charge in [0.2, 0.25) is 0 Å². The first-order valence-corrected chi connectivity index (χ1v) is 16.9. The third-order valence-corrected chi connectivity index (χ3v) is 13.2. The number of aliphatic hydroxyl groups excluding tert-OH is 2. The number of hydrogen-bond acceptors (Lipinski definition) is 14. The molecule has 0 radical (unpaired) electrons. The largest absolute Gasteiger partial charge is 0.455 e. The quantitative estimate of drug-likeness (QED) is 0.154. The van der Waals surface area contributed by atoms with Crippen molar-refractivity contribution in [1.82, 2.24) is 4.90 Å². The van der Waals surface area contributed by atoms with Crippen LogP contribution in [0.3, 0.4) is 0 Å². The molecular weight excluding hydrogens is 660 g/mol. The van der Waals surface area contributed by atoms with Crippen LogP contribution in [-0.2, 0) is 33.2 Å². The highest BCUT2D eigenvalue weighted by molar-refractivity contribution is 5.89. The molecule has 1 saturated heterocycles. The molecule has 50 heavy (non-hydrogen) atoms. The van der Waals surface area contributed by atoms with E-state index >= 15 is 0 Å². The number of esters is 2. The highest BCUT2D eigenvalue weighted by atomic mass is 16.9. The van der Waals surface area contributed by atoms with Gasteiger partial charge in [-0.1, -0.05) is 25.1 Å². The van der Waals surface area contributed by atoms with Crippen molar-refractivity contribution in [3.05, 3.63) is 46.0 Å². The number of methoxy groups -OCH3 is 4. The molecule has 4 N–H and O–H groups in total. The lowest BCUT2D eigenvalue weighted by molar-refractivity contribution is -0.742. The van der Waals surface area contributed by atoms with E-state index in [9.17, 15) is 24.9 Å². The summed E-state index contributed by atoms with van der Waals surface area (Å²) in [6, 6.07) is 8.18. The summed E-state index contributed by atoms with van der Waals surface area (Å²) in [4.78, 5) is 37.7. The number of carbonyl (C=O) groups excluding carboxylic acids is 2. The fourth-order valence-corrected chi connectivity index (χ4v) is 12.3. The molecule has 1 aliphatic heterocycles. The second kappa shape index (κ2) is 12.9. The molecule has 0 amide bonds. The monoisotopic (exact) mass is 708 g/mol. The first kappa shape index (κ1) is 36.8. The highest BCUT2D eigenvalue weighted by Crippen LogP contribution is 2.80. The van der Waals surface area contributed by atoms with E-state index in [0.29, 0.717) is 25.1 Å². The number of hydrogen-bond donors (Lipinski definition) is 4. The Morgan fingerprint density at radius 2 is 1.70 bits per heavy atom. The predicted octanol–water partition coefficient (Wildman–Crippen LogP) is 0.300. The standard InChI is InChI=1S/C34H47NO11.HNO3/c1-7-35-15-31(16-41-3)20(37)13-21(42-4)33-19-14-32(40)28(45-30(39)18-11-9-8-10-12-18)22(19)34(46-17(2)36,27(38)29(32)44-6)23(26(33)35)24(43-5)25(31)33;2-1(3)4/h8-12,19-29,37-38,40H,7,13-16H2,1-6H3;(H,2,3,4)/t19-,20-,21+,22-,23+,24+,25-,26-,27+,28-,29+,31+,32-,33+,34-;/m1./s1. The van der Waals surface area contributed by atoms with E-state index in [1.807, 2.05) is 6.92 Å². The third-order valence-electron chi connectivity index (χ3n) is 13.2. The van der Waals surface area contributed by atoms with Crippen molar-refractivity contribution in [2.24, 2.45) is 34.5 Å². The molecule has 6 aliphatic rings. The highest BCUT2D eigenvalue weighted by Gasteiger charge is 2.92. The SMILES string of the molecule is CCN1C[C@]2(COC)[C@H](O)C[C@H](OC)[C@@]34[C@@H]5C[C@@]6(O)[C@H](OC(=O)c7ccccc7)[C@@H]5[C@@](OC(C)=O)([C@@H]([C@H](OC)[C@H]23)[C@@H]14)[C@@H](O)[C@@H]6OC.O=[N+]([O-])O. The molecule has 7 bridgehead atoms. The Morgan fingerprint density at radius 3 is 2.24 bits per heavy atom. The van der Waals surface area contributed by atoms with Gasteiger partial charge in [0, 0.05) is 83.0 Å². The molecule has 6 fully saturated rings. The lowest BCUT2D eigenvalue weighted by Crippen LogP contribution is -2.81. The van der Waals surface area contributed by atoms with Crippen molar-refractivity contribution < 1.29 is 63.6 Å². The van der Waals surface area contributed by atoms with Crippen LogP contribution >= 0.6 is 0 Å². The summed E-state index contributed by atoms with van der Waals surface area (Å²) in [5, 5.41) is 50.9. The van der Waals surface area contributed by atoms with Crippen LogP contribution in [0.2, 0.25) is 0 Å². The minimum atomic E-state index is -1.83. The molecule has 7 rings (SSSR count). The number of carbonyl (C=O) groups is 2. The van der Waals surface area contributed by atoms with E-state index in [0.717, 1.165) is 0 Å². The summed E-state index contributed by atoms with van der Waals surface area (Å²) >= 11 is 0. The molecule has 1 aromatic carbocycles. The number of ether oxygens (including phenoxy) is 6. The molecule has 5 saturated carbocycles. The smallest absolute Gasteiger partial charge is 0.338 e. The van der Waals surface area contributed by atoms with Gasteiger partial charge in [-0.2, -0.15) is 0 Å². The van der Waals surface area contributed by atoms with Crippen LogP contribution in [0.1, 0.15) is 37.0 Å². The number of likely N-dealkylation sites (tertiary alicyclic amines) is 1. The van der Waals surface area contributed by atoms with E-state index in [-0.39, 0.29) is 25.0 Å². The van der Waals surface area contributed by atoms with Gasteiger partial charge in [0.25, 0.3) is 5.09 Å². The maximum atomic E-state index is 13.8. The van der Waals surface area contributed by atoms with Crippen LogP contribution in [0.25, 0.3) is 0 Å². The Labute approximate surface area is 289 Å². The lowest BCUT2D eigenvalue weighted by Gasteiger charge is -2.70. The van der Waals surface area contributed by atoms with Gasteiger partial charge in [0.1, 0.15) is 23.9 Å². The van der Waals surface area contributed by atoms with Crippen molar-refractivity contribution >= 4 is 11.9 Å². The van der Waals surface area contributed by atoms with E-state index in [1.165, 1.54) is 14.0 Å². The molecule has 5 aliphatic carbocycles. The van der Waals surface area contributed by atoms with Crippen LogP contribution in [0, 0.1) is 44.6 Å². The van der Waals surface area contributed by atoms with Gasteiger partial charge in [-0.05, 0) is 31.0 Å². The molecule has 1 spiro atoms. The zero-order chi connectivity index (χ0) is 36.6. The van der Waals surface area contributed by atoms with Crippen molar-refractivity contribution in [1.29, 1.82) is 0 Å². The fourth-order valence-electron chi connectivity index (χ4n) is 12.3. The van der Waals surface area contributed by atoms with E-state index in [4.69, 9.17) is 43.7 Å². The second-order valence-electron chi connectivity index (χ2n) is 14.7. The molecule has 16 nitrogen and oxygen atoms in total. The van der Waals surface area contributed by atoms with Gasteiger partial charge in [0.05, 0.1) is 30.5 Å². The van der Waals surface area contributed by atoms with Crippen LogP contribution < -0.4 is 0 Å². The summed E-state index contributed by atoms with van der Waals surface area (Å²) in [5.74, 6) is -3.65. The molecule has 278 valence electrons. The summed E-state index contributed by atoms with van der Waals surface area (Å²) in [6.07, 6.45) is -5.49. The van der Waals surface area contributed by atoms with Crippen molar-refractivity contribution in [2.45, 2.75) is 80.6 Å². The number of aliphatic hydroxyl groups is 3. The molecule has 1 heterocycles. The van der Waals surface area contributed by atoms with Gasteiger partial charge in [-0.3, -0.25) is 9.69 Å². The molecular formula is C34H48N2O14. The first-order chi connectivity index (χ1) is 23.7. The summed E-state index contributed by atoms with van der Waals surface area (Å²) < 4.78 is 37.4. The zero-order valence-electron chi connectivity index (χ0n) is 29.0. The molecule has 16 heteroatoms. The van der Waals surface area contributed by atoms with Crippen LogP contribution in [-0.4, -0.2) is 144 Å². The summed E-state index contributed by atoms with van der Waals surface area (Å²) in [7, 11) is 6.27. The maximum Gasteiger partial charge on any atom is 0.338 e. The Hall–Kier alpha value is -2.96. The normalized spacial score (nSPS) is 46.4. The molecule has 0 aromatic heterocycles. The van der Waals surface area contributed by atoms with Crippen LogP contribution in [0.15, 0.2) is 30.3 Å². The number of benzene rings is 1. The van der Waals surface area contributed by atoms with Gasteiger partial charge in [0.15, 0.2) is 5.60 Å². The number of fused-ring (bicyclic) bond motifs is 2. The molecule has 0 unspecified atom stereocenters. The van der Waals surface area contributed by atoms with Crippen LogP contribution in [0.5, 0.6) is 0 Å². The average molecular weight is 709 g/mol. The maximum absolute atomic E-state index is 13.8. The number of rotatable bonds is 9. The lowest BCUT2D eigenvalue weighted by atomic mass is 9.42. The van der Waals surface area contributed by atoms with Gasteiger partial charge in [-0.15, -0.1) is 10.1 Å². The van der Waals surface area contributed by atoms with Crippen molar-refractivity contribution in [2.75, 3.05) is 48.1 Å². The number of piperidine rings is 1. The zero-order valence-corrected chi connectivity index (χ0v) is 29.0. The molecule has 1 aromatic rings. The Balaban J connectivity index is 0.00000103. The van der Waals surface area contributed by atoms with E-state index < -0.39 is 93.4 Å². The minimum Gasteiger partial charge on any atom is -0.455 e. The predicted molar refractivity (Wildman–Crippen MR) is 169 cm³/mol. The average Bonchev–Trinajstić information content (AvgIpc) is 3.45. The Bertz CT molecular complexity index is 1460. The summed E-state index contributed by atoms with van der Waals surface area (Å²) in [6.45, 7) is 4.68. The third kappa shape index (κ3) is 4.58. The molecule has 15 atom stereocenters. The van der Waals surface area contributed by atoms with Gasteiger partial charge < -0.3 is 48.9 Å². The van der Waals surface area contributed by atoms with Gasteiger partial charge in [-0.25, -0.2) is 4.79 Å². The Kier molecular flexibility index (Phi) is 9.51. The van der Waals surface area contributed by atoms with Crippen LogP contribution in [0.4, 0.5) is 0 Å². The van der Waals surface area contributed by atoms with Gasteiger partial charge >= 0.3 is 11.9 Å². The second-order valence-corrected chi connectivity index (χ2v) is 14.7. The van der Waals surface area contributed by atoms with E-state index in [1.54, 1.807) is 51.7 Å². The number of nitrogens with zero attached hydrogens (tertiary/aromatic N) is 2. The topological polar surface area (TPSA) is 217 Å². The fraction of sp³-hybridized carbons (Fsp3) is 0.765. The van der Waals surface area contributed by atoms with E-state index in [2.05, 4.69) is 4.90 Å². The first-order valence-electron chi connectivity index (χ1n) is 16.9. The summed E-state index contributed by atoms with van der Waals surface area (Å²) in [5.41, 5.74) is -4.79. The minimum absolute atomic E-state index is 0.0791.